The molecular formula is C13H22. The lowest BCUT2D eigenvalue weighted by Crippen LogP contribution is -2.66. The van der Waals surface area contributed by atoms with E-state index in [1.54, 1.807) is 6.42 Å². The molecule has 0 aromatic heterocycles. The van der Waals surface area contributed by atoms with Gasteiger partial charge in [0, 0.05) is 0 Å². The minimum absolute atomic E-state index is 0.765. The van der Waals surface area contributed by atoms with E-state index in [1.807, 2.05) is 0 Å². The topological polar surface area (TPSA) is 0 Å². The van der Waals surface area contributed by atoms with Gasteiger partial charge in [-0.15, -0.1) is 0 Å². The molecule has 0 N–H and O–H groups in total. The second-order valence-corrected chi connectivity index (χ2v) is 6.15. The maximum atomic E-state index is 2.55. The van der Waals surface area contributed by atoms with Crippen LogP contribution < -0.4 is 0 Å². The standard InChI is InChI=1S/C13H22/c1-5-6-7-13-10(3)12(13)8-11(13,4)9(12)2/h9-10H,5-8H2,1-4H3. The largest absolute Gasteiger partial charge is 0.0654 e. The summed E-state index contributed by atoms with van der Waals surface area (Å²) in [5, 5.41) is 0. The molecule has 0 heteroatoms. The van der Waals surface area contributed by atoms with Gasteiger partial charge in [-0.1, -0.05) is 40.5 Å². The average molecular weight is 178 g/mol. The molecular weight excluding hydrogens is 156 g/mol. The summed E-state index contributed by atoms with van der Waals surface area (Å²) in [6.07, 6.45) is 5.95. The van der Waals surface area contributed by atoms with E-state index < -0.39 is 0 Å². The third-order valence-electron chi connectivity index (χ3n) is 6.59. The highest BCUT2D eigenvalue weighted by Gasteiger charge is 3.00. The first-order valence-corrected chi connectivity index (χ1v) is 6.08. The molecule has 1 spiro atoms. The number of rotatable bonds is 3. The third-order valence-corrected chi connectivity index (χ3v) is 6.59. The van der Waals surface area contributed by atoms with Crippen molar-refractivity contribution in [3.05, 3.63) is 0 Å². The van der Waals surface area contributed by atoms with Crippen LogP contribution in [0, 0.1) is 28.1 Å². The lowest BCUT2D eigenvalue weighted by molar-refractivity contribution is -0.243. The van der Waals surface area contributed by atoms with Crippen LogP contribution in [0.5, 0.6) is 0 Å². The van der Waals surface area contributed by atoms with Crippen molar-refractivity contribution in [1.29, 1.82) is 0 Å². The monoisotopic (exact) mass is 178 g/mol. The minimum atomic E-state index is 0.765. The second-order valence-electron chi connectivity index (χ2n) is 6.15. The van der Waals surface area contributed by atoms with Crippen LogP contribution in [0.4, 0.5) is 0 Å². The highest BCUT2D eigenvalue weighted by Crippen LogP contribution is 3.05. The predicted molar refractivity (Wildman–Crippen MR) is 55.4 cm³/mol. The van der Waals surface area contributed by atoms with Crippen molar-refractivity contribution in [1.82, 2.24) is 0 Å². The van der Waals surface area contributed by atoms with Crippen molar-refractivity contribution in [3.8, 4) is 0 Å². The first kappa shape index (κ1) is 8.32. The highest BCUT2D eigenvalue weighted by molar-refractivity contribution is 5.47. The molecule has 0 heterocycles. The Morgan fingerprint density at radius 2 is 1.92 bits per heavy atom. The fourth-order valence-electron chi connectivity index (χ4n) is 5.85. The van der Waals surface area contributed by atoms with Crippen LogP contribution in [0.2, 0.25) is 0 Å². The number of unbranched alkanes of at least 4 members (excludes halogenated alkanes) is 1. The summed E-state index contributed by atoms with van der Waals surface area (Å²) in [5.41, 5.74) is 2.47. The number of hydrogen-bond acceptors (Lipinski definition) is 0. The molecule has 0 aromatic carbocycles. The van der Waals surface area contributed by atoms with Gasteiger partial charge in [-0.3, -0.25) is 0 Å². The van der Waals surface area contributed by atoms with Crippen LogP contribution in [0.15, 0.2) is 0 Å². The SMILES string of the molecule is CCCCC12C(C)C13CC2(C)C3C. The van der Waals surface area contributed by atoms with Gasteiger partial charge in [0.25, 0.3) is 0 Å². The van der Waals surface area contributed by atoms with Crippen LogP contribution in [0.25, 0.3) is 0 Å². The molecule has 4 saturated carbocycles. The van der Waals surface area contributed by atoms with E-state index in [0.29, 0.717) is 0 Å². The quantitative estimate of drug-likeness (QED) is 0.615. The van der Waals surface area contributed by atoms with E-state index >= 15 is 0 Å². The minimum Gasteiger partial charge on any atom is -0.0654 e. The van der Waals surface area contributed by atoms with Gasteiger partial charge in [0.2, 0.25) is 0 Å². The van der Waals surface area contributed by atoms with Gasteiger partial charge in [-0.25, -0.2) is 0 Å². The zero-order chi connectivity index (χ0) is 9.48. The van der Waals surface area contributed by atoms with E-state index in [1.165, 1.54) is 19.3 Å². The third kappa shape index (κ3) is 0.461. The van der Waals surface area contributed by atoms with Gasteiger partial charge in [-0.05, 0) is 40.9 Å². The smallest absolute Gasteiger partial charge is 0.0147 e. The van der Waals surface area contributed by atoms with Gasteiger partial charge < -0.3 is 0 Å². The van der Waals surface area contributed by atoms with Crippen LogP contribution >= 0.6 is 0 Å². The second kappa shape index (κ2) is 1.85. The van der Waals surface area contributed by atoms with Crippen LogP contribution in [0.1, 0.15) is 53.4 Å². The van der Waals surface area contributed by atoms with Gasteiger partial charge >= 0.3 is 0 Å². The summed E-state index contributed by atoms with van der Waals surface area (Å²) in [4.78, 5) is 0. The van der Waals surface area contributed by atoms with Gasteiger partial charge in [0.05, 0.1) is 0 Å². The Morgan fingerprint density at radius 1 is 1.23 bits per heavy atom. The van der Waals surface area contributed by atoms with Crippen molar-refractivity contribution in [2.75, 3.05) is 0 Å². The molecule has 5 atom stereocenters. The summed E-state index contributed by atoms with van der Waals surface area (Å²) in [7, 11) is 0. The Balaban J connectivity index is 1.83. The Hall–Kier alpha value is 0. The van der Waals surface area contributed by atoms with E-state index in [-0.39, 0.29) is 0 Å². The molecule has 0 saturated heterocycles. The molecule has 13 heavy (non-hydrogen) atoms. The van der Waals surface area contributed by atoms with Crippen molar-refractivity contribution >= 4 is 0 Å². The molecule has 0 nitrogen and oxygen atoms in total. The first-order valence-electron chi connectivity index (χ1n) is 6.08. The van der Waals surface area contributed by atoms with Crippen LogP contribution in [-0.4, -0.2) is 0 Å². The Labute approximate surface area is 82.1 Å². The fraction of sp³-hybridized carbons (Fsp3) is 1.00. The Morgan fingerprint density at radius 3 is 2.31 bits per heavy atom. The van der Waals surface area contributed by atoms with E-state index in [4.69, 9.17) is 0 Å². The molecule has 0 aromatic rings. The van der Waals surface area contributed by atoms with Crippen LogP contribution in [-0.2, 0) is 0 Å². The molecule has 0 radical (unpaired) electrons. The lowest BCUT2D eigenvalue weighted by Gasteiger charge is -2.72. The van der Waals surface area contributed by atoms with Crippen molar-refractivity contribution < 1.29 is 0 Å². The maximum absolute atomic E-state index is 2.55. The molecule has 5 unspecified atom stereocenters. The van der Waals surface area contributed by atoms with E-state index in [2.05, 4.69) is 27.7 Å². The van der Waals surface area contributed by atoms with Crippen molar-refractivity contribution in [2.45, 2.75) is 53.4 Å². The van der Waals surface area contributed by atoms with Crippen molar-refractivity contribution in [3.63, 3.8) is 0 Å². The summed E-state index contributed by atoms with van der Waals surface area (Å²) in [6.45, 7) is 9.90. The lowest BCUT2D eigenvalue weighted by atomic mass is 9.32. The van der Waals surface area contributed by atoms with Gasteiger partial charge in [0.1, 0.15) is 0 Å². The summed E-state index contributed by atoms with van der Waals surface area (Å²) in [6, 6.07) is 0. The van der Waals surface area contributed by atoms with Crippen LogP contribution in [0.3, 0.4) is 0 Å². The molecule has 4 aliphatic carbocycles. The predicted octanol–water partition coefficient (Wildman–Crippen LogP) is 3.86. The zero-order valence-corrected chi connectivity index (χ0v) is 9.48. The Kier molecular flexibility index (Phi) is 1.19. The van der Waals surface area contributed by atoms with Gasteiger partial charge in [-0.2, -0.15) is 0 Å². The average Bonchev–Trinajstić information content (AvgIpc) is 2.55. The number of hydrogen-bond donors (Lipinski definition) is 0. The molecule has 4 aliphatic rings. The maximum Gasteiger partial charge on any atom is -0.0147 e. The first-order chi connectivity index (χ1) is 6.08. The highest BCUT2D eigenvalue weighted by atomic mass is 15.0. The molecule has 2 bridgehead atoms. The fourth-order valence-corrected chi connectivity index (χ4v) is 5.85. The van der Waals surface area contributed by atoms with E-state index in [0.717, 1.165) is 28.1 Å². The molecule has 4 fully saturated rings. The molecule has 0 amide bonds. The summed E-state index contributed by atoms with van der Waals surface area (Å²) >= 11 is 0. The van der Waals surface area contributed by atoms with E-state index in [9.17, 15) is 0 Å². The summed E-state index contributed by atoms with van der Waals surface area (Å²) in [5.74, 6) is 2.11. The molecule has 0 aliphatic heterocycles. The molecule has 74 valence electrons. The summed E-state index contributed by atoms with van der Waals surface area (Å²) < 4.78 is 0. The normalized spacial score (nSPS) is 66.5. The molecule has 4 rings (SSSR count). The Bertz CT molecular complexity index is 257. The zero-order valence-electron chi connectivity index (χ0n) is 9.48. The van der Waals surface area contributed by atoms with Crippen molar-refractivity contribution in [2.24, 2.45) is 28.1 Å². The van der Waals surface area contributed by atoms with Gasteiger partial charge in [0.15, 0.2) is 0 Å².